The summed E-state index contributed by atoms with van der Waals surface area (Å²) in [6.45, 7) is 7.74. The number of halogens is 2. The molecule has 0 saturated carbocycles. The van der Waals surface area contributed by atoms with Gasteiger partial charge in [0.1, 0.15) is 5.69 Å². The summed E-state index contributed by atoms with van der Waals surface area (Å²) in [5.74, 6) is 0. The fraction of sp³-hybridized carbons (Fsp3) is 0.583. The molecule has 0 bridgehead atoms. The molecule has 1 aromatic rings. The summed E-state index contributed by atoms with van der Waals surface area (Å²) in [5, 5.41) is 0. The molecule has 0 amide bonds. The van der Waals surface area contributed by atoms with Gasteiger partial charge in [-0.15, -0.1) is 0 Å². The zero-order valence-electron chi connectivity index (χ0n) is 9.85. The summed E-state index contributed by atoms with van der Waals surface area (Å²) in [6.07, 6.45) is -1.21. The van der Waals surface area contributed by atoms with E-state index in [0.29, 0.717) is 5.69 Å². The second kappa shape index (κ2) is 10.5. The predicted molar refractivity (Wildman–Crippen MR) is 66.4 cm³/mol. The monoisotopic (exact) mass is 234 g/mol. The van der Waals surface area contributed by atoms with Crippen LogP contribution in [0.15, 0.2) is 12.1 Å². The Kier molecular flexibility index (Phi) is 13.4. The van der Waals surface area contributed by atoms with Gasteiger partial charge in [-0.05, 0) is 31.5 Å². The highest BCUT2D eigenvalue weighted by molar-refractivity contribution is 5.19. The van der Waals surface area contributed by atoms with Crippen LogP contribution in [0, 0.1) is 13.8 Å². The molecule has 1 rings (SSSR count). The standard InChI is InChI=1S/C8H9F2N.C3H8.CH4.H3N/c1-5-3-6(2)11-7(4-5)8(9)10;1-3-2;;/h3-4,8H,1-2H3;3H2,1-2H3;1H4;1H3. The van der Waals surface area contributed by atoms with Gasteiger partial charge in [-0.2, -0.15) is 0 Å². The first-order valence-electron chi connectivity index (χ1n) is 4.74. The van der Waals surface area contributed by atoms with Crippen molar-refractivity contribution < 1.29 is 8.78 Å². The van der Waals surface area contributed by atoms with E-state index in [1.807, 2.05) is 0 Å². The molecule has 0 unspecified atom stereocenters. The van der Waals surface area contributed by atoms with Gasteiger partial charge in [0.25, 0.3) is 6.43 Å². The van der Waals surface area contributed by atoms with Crippen molar-refractivity contribution in [3.63, 3.8) is 0 Å². The zero-order chi connectivity index (χ0) is 11.1. The molecule has 96 valence electrons. The van der Waals surface area contributed by atoms with Gasteiger partial charge in [0, 0.05) is 5.69 Å². The van der Waals surface area contributed by atoms with Crippen LogP contribution < -0.4 is 6.15 Å². The number of hydrogen-bond donors (Lipinski definition) is 1. The summed E-state index contributed by atoms with van der Waals surface area (Å²) in [7, 11) is 0. The second-order valence-electron chi connectivity index (χ2n) is 3.22. The molecule has 4 heteroatoms. The van der Waals surface area contributed by atoms with E-state index in [1.54, 1.807) is 19.9 Å². The normalized spacial score (nSPS) is 8.44. The number of aromatic nitrogens is 1. The van der Waals surface area contributed by atoms with Crippen LogP contribution in [0.1, 0.15) is 51.1 Å². The average Bonchev–Trinajstić information content (AvgIpc) is 2.03. The Morgan fingerprint density at radius 2 is 1.62 bits per heavy atom. The van der Waals surface area contributed by atoms with E-state index in [1.165, 1.54) is 12.5 Å². The summed E-state index contributed by atoms with van der Waals surface area (Å²) in [6, 6.07) is 3.17. The van der Waals surface area contributed by atoms with Crippen LogP contribution in [0.3, 0.4) is 0 Å². The van der Waals surface area contributed by atoms with Gasteiger partial charge in [0.2, 0.25) is 0 Å². The van der Waals surface area contributed by atoms with Gasteiger partial charge >= 0.3 is 0 Å². The van der Waals surface area contributed by atoms with E-state index in [9.17, 15) is 8.78 Å². The summed E-state index contributed by atoms with van der Waals surface area (Å²) < 4.78 is 24.1. The van der Waals surface area contributed by atoms with Crippen LogP contribution in [-0.2, 0) is 0 Å². The van der Waals surface area contributed by atoms with Gasteiger partial charge < -0.3 is 6.15 Å². The summed E-state index contributed by atoms with van der Waals surface area (Å²) in [4.78, 5) is 3.68. The van der Waals surface area contributed by atoms with E-state index < -0.39 is 6.43 Å². The molecular weight excluding hydrogens is 210 g/mol. The Morgan fingerprint density at radius 3 is 1.94 bits per heavy atom. The van der Waals surface area contributed by atoms with Crippen LogP contribution in [0.5, 0.6) is 0 Å². The topological polar surface area (TPSA) is 47.9 Å². The fourth-order valence-electron chi connectivity index (χ4n) is 0.984. The van der Waals surface area contributed by atoms with Crippen molar-refractivity contribution in [3.05, 3.63) is 29.1 Å². The van der Waals surface area contributed by atoms with Crippen LogP contribution in [0.25, 0.3) is 0 Å². The lowest BCUT2D eigenvalue weighted by atomic mass is 10.2. The van der Waals surface area contributed by atoms with Crippen LogP contribution in [-0.4, -0.2) is 4.98 Å². The smallest absolute Gasteiger partial charge is 0.280 e. The van der Waals surface area contributed by atoms with E-state index in [2.05, 4.69) is 18.8 Å². The molecule has 0 radical (unpaired) electrons. The average molecular weight is 234 g/mol. The molecular formula is C12H24F2N2. The Hall–Kier alpha value is -1.03. The van der Waals surface area contributed by atoms with Gasteiger partial charge in [-0.3, -0.25) is 4.98 Å². The zero-order valence-corrected chi connectivity index (χ0v) is 9.85. The molecule has 0 aliphatic carbocycles. The minimum Gasteiger partial charge on any atom is -0.344 e. The Bertz CT molecular complexity index is 255. The fourth-order valence-corrected chi connectivity index (χ4v) is 0.984. The largest absolute Gasteiger partial charge is 0.344 e. The summed E-state index contributed by atoms with van der Waals surface area (Å²) in [5.41, 5.74) is 1.33. The van der Waals surface area contributed by atoms with Crippen molar-refractivity contribution in [1.82, 2.24) is 11.1 Å². The minimum atomic E-state index is -2.46. The molecule has 1 heterocycles. The number of nitrogens with zero attached hydrogens (tertiary/aromatic N) is 1. The molecule has 0 spiro atoms. The van der Waals surface area contributed by atoms with Crippen LogP contribution >= 0.6 is 0 Å². The van der Waals surface area contributed by atoms with E-state index in [4.69, 9.17) is 0 Å². The SMILES string of the molecule is C.CCC.Cc1cc(C)nc(C(F)F)c1.N. The Morgan fingerprint density at radius 1 is 1.19 bits per heavy atom. The highest BCUT2D eigenvalue weighted by atomic mass is 19.3. The second-order valence-corrected chi connectivity index (χ2v) is 3.22. The molecule has 0 fully saturated rings. The summed E-state index contributed by atoms with van der Waals surface area (Å²) >= 11 is 0. The third-order valence-electron chi connectivity index (χ3n) is 1.34. The molecule has 2 nitrogen and oxygen atoms in total. The van der Waals surface area contributed by atoms with E-state index in [0.717, 1.165) is 5.56 Å². The maximum absolute atomic E-state index is 12.1. The Labute approximate surface area is 97.7 Å². The molecule has 0 aliphatic heterocycles. The number of alkyl halides is 2. The molecule has 0 atom stereocenters. The quantitative estimate of drug-likeness (QED) is 0.755. The first kappa shape index (κ1) is 20.4. The number of pyridine rings is 1. The van der Waals surface area contributed by atoms with Crippen LogP contribution in [0.4, 0.5) is 8.78 Å². The number of aryl methyl sites for hydroxylation is 2. The van der Waals surface area contributed by atoms with E-state index in [-0.39, 0.29) is 19.3 Å². The van der Waals surface area contributed by atoms with Gasteiger partial charge in [-0.25, -0.2) is 8.78 Å². The highest BCUT2D eigenvalue weighted by Crippen LogP contribution is 2.17. The van der Waals surface area contributed by atoms with Crippen molar-refractivity contribution >= 4 is 0 Å². The number of rotatable bonds is 1. The van der Waals surface area contributed by atoms with Gasteiger partial charge in [0.05, 0.1) is 0 Å². The molecule has 0 aromatic carbocycles. The van der Waals surface area contributed by atoms with Crippen molar-refractivity contribution in [1.29, 1.82) is 0 Å². The highest BCUT2D eigenvalue weighted by Gasteiger charge is 2.08. The van der Waals surface area contributed by atoms with Crippen molar-refractivity contribution in [2.75, 3.05) is 0 Å². The molecule has 0 saturated heterocycles. The first-order chi connectivity index (χ1) is 6.51. The first-order valence-corrected chi connectivity index (χ1v) is 4.74. The van der Waals surface area contributed by atoms with Gasteiger partial charge in [-0.1, -0.05) is 27.7 Å². The van der Waals surface area contributed by atoms with E-state index >= 15 is 0 Å². The third-order valence-corrected chi connectivity index (χ3v) is 1.34. The molecule has 1 aromatic heterocycles. The van der Waals surface area contributed by atoms with Crippen molar-refractivity contribution in [2.45, 2.75) is 48.0 Å². The lowest BCUT2D eigenvalue weighted by molar-refractivity contribution is 0.146. The van der Waals surface area contributed by atoms with Gasteiger partial charge in [0.15, 0.2) is 0 Å². The molecule has 3 N–H and O–H groups in total. The van der Waals surface area contributed by atoms with Crippen molar-refractivity contribution in [2.24, 2.45) is 0 Å². The van der Waals surface area contributed by atoms with Crippen LogP contribution in [0.2, 0.25) is 0 Å². The lowest BCUT2D eigenvalue weighted by Gasteiger charge is -2.01. The lowest BCUT2D eigenvalue weighted by Crippen LogP contribution is -1.93. The minimum absolute atomic E-state index is 0. The Balaban J connectivity index is -0.000000306. The molecule has 16 heavy (non-hydrogen) atoms. The predicted octanol–water partition coefficient (Wildman–Crippen LogP) is 4.85. The maximum atomic E-state index is 12.1. The molecule has 0 aliphatic rings. The third kappa shape index (κ3) is 8.29. The van der Waals surface area contributed by atoms with Crippen molar-refractivity contribution in [3.8, 4) is 0 Å². The maximum Gasteiger partial charge on any atom is 0.280 e. The number of hydrogen-bond acceptors (Lipinski definition) is 2.